The van der Waals surface area contributed by atoms with Crippen LogP contribution >= 0.6 is 35.6 Å². The van der Waals surface area contributed by atoms with Gasteiger partial charge in [-0.15, -0.1) is 24.0 Å². The summed E-state index contributed by atoms with van der Waals surface area (Å²) in [6.45, 7) is 7.97. The Labute approximate surface area is 185 Å². The Morgan fingerprint density at radius 2 is 1.85 bits per heavy atom. The molecule has 0 atom stereocenters. The van der Waals surface area contributed by atoms with Gasteiger partial charge in [0.05, 0.1) is 0 Å². The topological polar surface area (TPSA) is 52.1 Å². The summed E-state index contributed by atoms with van der Waals surface area (Å²) in [4.78, 5) is 9.18. The highest BCUT2D eigenvalue weighted by Crippen LogP contribution is 2.20. The number of hydrogen-bond acceptors (Lipinski definition) is 4. The molecule has 0 radical (unpaired) electrons. The molecule has 1 aliphatic heterocycles. The number of ether oxygens (including phenoxy) is 1. The van der Waals surface area contributed by atoms with Gasteiger partial charge in [-0.2, -0.15) is 0 Å². The minimum absolute atomic E-state index is 0. The van der Waals surface area contributed by atoms with Gasteiger partial charge in [0.1, 0.15) is 0 Å². The monoisotopic (exact) mass is 509 g/mol. The zero-order valence-electron chi connectivity index (χ0n) is 16.4. The molecule has 0 aromatic heterocycles. The molecule has 0 amide bonds. The standard InChI is InChI=1S/C19H32ClN5O.HI/c1-21-19(23-9-5-15-26-2)22-8-4-10-24-11-13-25(14-12-24)18-7-3-6-17(20)16-18;/h3,6-7,16H,4-5,8-15H2,1-2H3,(H2,21,22,23);1H. The Morgan fingerprint density at radius 3 is 2.48 bits per heavy atom. The molecule has 1 saturated heterocycles. The average molecular weight is 510 g/mol. The van der Waals surface area contributed by atoms with Crippen LogP contribution in [0.15, 0.2) is 29.3 Å². The number of nitrogens with zero attached hydrogens (tertiary/aromatic N) is 3. The summed E-state index contributed by atoms with van der Waals surface area (Å²) in [6.07, 6.45) is 2.09. The van der Waals surface area contributed by atoms with E-state index in [1.165, 1.54) is 5.69 Å². The Hall–Kier alpha value is -0.770. The van der Waals surface area contributed by atoms with E-state index in [2.05, 4.69) is 31.5 Å². The number of halogens is 2. The van der Waals surface area contributed by atoms with E-state index >= 15 is 0 Å². The second kappa shape index (κ2) is 14.3. The second-order valence-corrected chi connectivity index (χ2v) is 6.87. The third kappa shape index (κ3) is 9.32. The van der Waals surface area contributed by atoms with E-state index in [9.17, 15) is 0 Å². The van der Waals surface area contributed by atoms with Crippen molar-refractivity contribution in [3.8, 4) is 0 Å². The fraction of sp³-hybridized carbons (Fsp3) is 0.632. The molecule has 154 valence electrons. The summed E-state index contributed by atoms with van der Waals surface area (Å²) in [7, 11) is 3.53. The van der Waals surface area contributed by atoms with Crippen LogP contribution in [0.2, 0.25) is 5.02 Å². The van der Waals surface area contributed by atoms with Gasteiger partial charge in [-0.1, -0.05) is 17.7 Å². The number of methoxy groups -OCH3 is 1. The van der Waals surface area contributed by atoms with Crippen molar-refractivity contribution in [2.45, 2.75) is 12.8 Å². The minimum atomic E-state index is 0. The highest BCUT2D eigenvalue weighted by atomic mass is 127. The molecule has 0 unspecified atom stereocenters. The molecule has 1 aromatic rings. The molecule has 1 aromatic carbocycles. The van der Waals surface area contributed by atoms with Crippen LogP contribution in [0.4, 0.5) is 5.69 Å². The van der Waals surface area contributed by atoms with E-state index in [0.717, 1.165) is 76.2 Å². The summed E-state index contributed by atoms with van der Waals surface area (Å²) < 4.78 is 5.05. The first-order valence-electron chi connectivity index (χ1n) is 9.39. The lowest BCUT2D eigenvalue weighted by molar-refractivity contribution is 0.195. The van der Waals surface area contributed by atoms with E-state index in [-0.39, 0.29) is 24.0 Å². The van der Waals surface area contributed by atoms with Gasteiger partial charge in [-0.05, 0) is 37.6 Å². The smallest absolute Gasteiger partial charge is 0.190 e. The van der Waals surface area contributed by atoms with Gasteiger partial charge in [0.2, 0.25) is 0 Å². The SMILES string of the molecule is CN=C(NCCCOC)NCCCN1CCN(c2cccc(Cl)c2)CC1.I. The first kappa shape index (κ1) is 24.3. The van der Waals surface area contributed by atoms with Crippen LogP contribution in [0.5, 0.6) is 0 Å². The first-order valence-corrected chi connectivity index (χ1v) is 9.77. The van der Waals surface area contributed by atoms with Crippen LogP contribution in [0.25, 0.3) is 0 Å². The summed E-state index contributed by atoms with van der Waals surface area (Å²) >= 11 is 6.10. The van der Waals surface area contributed by atoms with Crippen molar-refractivity contribution in [1.82, 2.24) is 15.5 Å². The number of piperazine rings is 1. The molecule has 27 heavy (non-hydrogen) atoms. The first-order chi connectivity index (χ1) is 12.7. The highest BCUT2D eigenvalue weighted by molar-refractivity contribution is 14.0. The van der Waals surface area contributed by atoms with Crippen LogP contribution in [-0.4, -0.2) is 77.4 Å². The normalized spacial score (nSPS) is 15.4. The number of nitrogens with one attached hydrogen (secondary N) is 2. The van der Waals surface area contributed by atoms with Crippen LogP contribution < -0.4 is 15.5 Å². The lowest BCUT2D eigenvalue weighted by Gasteiger charge is -2.36. The fourth-order valence-electron chi connectivity index (χ4n) is 3.06. The van der Waals surface area contributed by atoms with Crippen molar-refractivity contribution < 1.29 is 4.74 Å². The van der Waals surface area contributed by atoms with Crippen molar-refractivity contribution in [1.29, 1.82) is 0 Å². The van der Waals surface area contributed by atoms with E-state index in [4.69, 9.17) is 16.3 Å². The fourth-order valence-corrected chi connectivity index (χ4v) is 3.24. The molecular weight excluding hydrogens is 477 g/mol. The molecule has 0 aliphatic carbocycles. The molecule has 6 nitrogen and oxygen atoms in total. The van der Waals surface area contributed by atoms with Gasteiger partial charge in [0.25, 0.3) is 0 Å². The molecule has 1 heterocycles. The minimum Gasteiger partial charge on any atom is -0.385 e. The molecular formula is C19H33ClIN5O. The van der Waals surface area contributed by atoms with Crippen molar-refractivity contribution in [3.05, 3.63) is 29.3 Å². The highest BCUT2D eigenvalue weighted by Gasteiger charge is 2.16. The van der Waals surface area contributed by atoms with E-state index in [0.29, 0.717) is 0 Å². The molecule has 0 spiro atoms. The molecule has 1 fully saturated rings. The Balaban J connectivity index is 0.00000364. The Bertz CT molecular complexity index is 553. The molecule has 0 bridgehead atoms. The van der Waals surface area contributed by atoms with Crippen molar-refractivity contribution >= 4 is 47.2 Å². The third-order valence-corrected chi connectivity index (χ3v) is 4.77. The predicted octanol–water partition coefficient (Wildman–Crippen LogP) is 2.67. The van der Waals surface area contributed by atoms with E-state index in [1.807, 2.05) is 18.2 Å². The van der Waals surface area contributed by atoms with Crippen LogP contribution in [0.1, 0.15) is 12.8 Å². The van der Waals surface area contributed by atoms with Gasteiger partial charge >= 0.3 is 0 Å². The molecule has 0 saturated carbocycles. The lowest BCUT2D eigenvalue weighted by Crippen LogP contribution is -2.47. The summed E-state index contributed by atoms with van der Waals surface area (Å²) in [5, 5.41) is 7.48. The summed E-state index contributed by atoms with van der Waals surface area (Å²) in [5.74, 6) is 0.867. The second-order valence-electron chi connectivity index (χ2n) is 6.43. The van der Waals surface area contributed by atoms with E-state index in [1.54, 1.807) is 14.2 Å². The van der Waals surface area contributed by atoms with Crippen molar-refractivity contribution in [2.24, 2.45) is 4.99 Å². The Kier molecular flexibility index (Phi) is 12.8. The maximum Gasteiger partial charge on any atom is 0.190 e. The van der Waals surface area contributed by atoms with Crippen LogP contribution in [0.3, 0.4) is 0 Å². The molecule has 1 aliphatic rings. The summed E-state index contributed by atoms with van der Waals surface area (Å²) in [5.41, 5.74) is 1.22. The molecule has 8 heteroatoms. The van der Waals surface area contributed by atoms with Gasteiger partial charge < -0.3 is 20.3 Å². The zero-order chi connectivity index (χ0) is 18.6. The largest absolute Gasteiger partial charge is 0.385 e. The van der Waals surface area contributed by atoms with Gasteiger partial charge in [0, 0.05) is 70.7 Å². The number of guanidine groups is 1. The van der Waals surface area contributed by atoms with Crippen LogP contribution in [-0.2, 0) is 4.74 Å². The predicted molar refractivity (Wildman–Crippen MR) is 126 cm³/mol. The number of hydrogen-bond donors (Lipinski definition) is 2. The van der Waals surface area contributed by atoms with Crippen molar-refractivity contribution in [2.75, 3.05) is 71.5 Å². The van der Waals surface area contributed by atoms with E-state index < -0.39 is 0 Å². The number of aliphatic imine (C=N–C) groups is 1. The molecule has 2 rings (SSSR count). The lowest BCUT2D eigenvalue weighted by atomic mass is 10.2. The van der Waals surface area contributed by atoms with Crippen LogP contribution in [0, 0.1) is 0 Å². The van der Waals surface area contributed by atoms with Gasteiger partial charge in [-0.25, -0.2) is 0 Å². The summed E-state index contributed by atoms with van der Waals surface area (Å²) in [6, 6.07) is 8.13. The third-order valence-electron chi connectivity index (χ3n) is 4.53. The zero-order valence-corrected chi connectivity index (χ0v) is 19.5. The van der Waals surface area contributed by atoms with Crippen molar-refractivity contribution in [3.63, 3.8) is 0 Å². The Morgan fingerprint density at radius 1 is 1.15 bits per heavy atom. The van der Waals surface area contributed by atoms with Gasteiger partial charge in [-0.3, -0.25) is 9.89 Å². The maximum absolute atomic E-state index is 6.10. The number of anilines is 1. The average Bonchev–Trinajstić information content (AvgIpc) is 2.67. The maximum atomic E-state index is 6.10. The molecule has 2 N–H and O–H groups in total. The number of benzene rings is 1. The number of rotatable bonds is 9. The van der Waals surface area contributed by atoms with Gasteiger partial charge in [0.15, 0.2) is 5.96 Å². The quantitative estimate of drug-likeness (QED) is 0.232.